The zero-order chi connectivity index (χ0) is 33.5. The van der Waals surface area contributed by atoms with E-state index >= 15 is 0 Å². The Hall–Kier alpha value is -6.98. The van der Waals surface area contributed by atoms with Crippen molar-refractivity contribution in [1.29, 1.82) is 0 Å². The van der Waals surface area contributed by atoms with Crippen LogP contribution in [0.25, 0.3) is 110 Å². The topological polar surface area (TPSA) is 65.2 Å². The van der Waals surface area contributed by atoms with Crippen molar-refractivity contribution < 1.29 is 13.3 Å². The summed E-state index contributed by atoms with van der Waals surface area (Å²) in [5.41, 5.74) is 14.3. The number of furan rings is 3. The van der Waals surface area contributed by atoms with Crippen molar-refractivity contribution in [2.75, 3.05) is 0 Å². The lowest BCUT2D eigenvalue weighted by molar-refractivity contribution is 0.668. The molecule has 0 aliphatic rings. The van der Waals surface area contributed by atoms with Gasteiger partial charge in [-0.25, -0.2) is 0 Å². The first-order valence-electron chi connectivity index (χ1n) is 16.9. The summed E-state index contributed by atoms with van der Waals surface area (Å²) in [7, 11) is 0. The number of benzene rings is 6. The van der Waals surface area contributed by atoms with Gasteiger partial charge in [0.05, 0.1) is 0 Å². The van der Waals surface area contributed by atoms with Crippen LogP contribution in [0, 0.1) is 0 Å². The summed E-state index contributed by atoms with van der Waals surface area (Å²) >= 11 is 0. The van der Waals surface area contributed by atoms with Crippen molar-refractivity contribution in [1.82, 2.24) is 9.97 Å². The van der Waals surface area contributed by atoms with E-state index in [0.29, 0.717) is 0 Å². The molecule has 5 heterocycles. The highest BCUT2D eigenvalue weighted by Crippen LogP contribution is 2.38. The predicted molar refractivity (Wildman–Crippen MR) is 206 cm³/mol. The molecule has 0 amide bonds. The molecule has 238 valence electrons. The quantitative estimate of drug-likeness (QED) is 0.189. The average Bonchev–Trinajstić information content (AvgIpc) is 3.88. The smallest absolute Gasteiger partial charge is 0.138 e. The maximum atomic E-state index is 6.31. The van der Waals surface area contributed by atoms with Crippen LogP contribution in [0.2, 0.25) is 0 Å². The lowest BCUT2D eigenvalue weighted by atomic mass is 9.95. The molecule has 0 saturated heterocycles. The third kappa shape index (κ3) is 4.49. The predicted octanol–water partition coefficient (Wildman–Crippen LogP) is 12.8. The molecule has 0 aliphatic carbocycles. The van der Waals surface area contributed by atoms with Crippen LogP contribution in [-0.2, 0) is 0 Å². The summed E-state index contributed by atoms with van der Waals surface area (Å²) in [6, 6.07) is 46.9. The summed E-state index contributed by atoms with van der Waals surface area (Å²) in [5.74, 6) is 0. The van der Waals surface area contributed by atoms with Crippen LogP contribution in [-0.4, -0.2) is 9.97 Å². The summed E-state index contributed by atoms with van der Waals surface area (Å²) in [6.45, 7) is 0. The minimum atomic E-state index is 0.844. The van der Waals surface area contributed by atoms with Gasteiger partial charge in [-0.2, -0.15) is 0 Å². The number of aromatic nitrogens is 2. The molecule has 0 atom stereocenters. The zero-order valence-corrected chi connectivity index (χ0v) is 27.1. The molecule has 0 radical (unpaired) electrons. The molecule has 5 heteroatoms. The first-order valence-corrected chi connectivity index (χ1v) is 16.9. The third-order valence-corrected chi connectivity index (χ3v) is 10.1. The van der Waals surface area contributed by atoms with E-state index in [4.69, 9.17) is 13.3 Å². The highest BCUT2D eigenvalue weighted by Gasteiger charge is 2.14. The van der Waals surface area contributed by atoms with Gasteiger partial charge in [0.2, 0.25) is 0 Å². The van der Waals surface area contributed by atoms with Gasteiger partial charge in [-0.05, 0) is 117 Å². The highest BCUT2D eigenvalue weighted by atomic mass is 16.3. The summed E-state index contributed by atoms with van der Waals surface area (Å²) in [6.07, 6.45) is 7.26. The van der Waals surface area contributed by atoms with Crippen LogP contribution < -0.4 is 0 Å². The Morgan fingerprint density at radius 2 is 0.569 bits per heavy atom. The maximum absolute atomic E-state index is 6.31. The Labute approximate surface area is 291 Å². The van der Waals surface area contributed by atoms with Gasteiger partial charge in [0.25, 0.3) is 0 Å². The molecule has 0 N–H and O–H groups in total. The Balaban J connectivity index is 0.960. The minimum absolute atomic E-state index is 0.844. The van der Waals surface area contributed by atoms with Crippen LogP contribution in [0.5, 0.6) is 0 Å². The molecule has 0 fully saturated rings. The normalized spacial score (nSPS) is 11.9. The molecule has 6 aromatic carbocycles. The molecular formula is C46H26N2O3. The summed E-state index contributed by atoms with van der Waals surface area (Å²) in [4.78, 5) is 8.63. The van der Waals surface area contributed by atoms with Crippen molar-refractivity contribution in [3.63, 3.8) is 0 Å². The van der Waals surface area contributed by atoms with Crippen LogP contribution >= 0.6 is 0 Å². The highest BCUT2D eigenvalue weighted by molar-refractivity contribution is 6.09. The fourth-order valence-corrected chi connectivity index (χ4v) is 7.49. The third-order valence-electron chi connectivity index (χ3n) is 10.1. The number of fused-ring (bicyclic) bond motifs is 9. The van der Waals surface area contributed by atoms with Crippen molar-refractivity contribution >= 4 is 65.8 Å². The molecule has 0 aliphatic heterocycles. The fraction of sp³-hybridized carbons (Fsp3) is 0. The van der Waals surface area contributed by atoms with Crippen LogP contribution in [0.3, 0.4) is 0 Å². The van der Waals surface area contributed by atoms with Gasteiger partial charge < -0.3 is 13.3 Å². The summed E-state index contributed by atoms with van der Waals surface area (Å²) in [5, 5.41) is 6.36. The van der Waals surface area contributed by atoms with Gasteiger partial charge in [-0.1, -0.05) is 60.7 Å². The molecule has 0 spiro atoms. The number of pyridine rings is 2. The first-order chi connectivity index (χ1) is 25.2. The molecular weight excluding hydrogens is 629 g/mol. The van der Waals surface area contributed by atoms with E-state index in [1.54, 1.807) is 12.4 Å². The average molecular weight is 655 g/mol. The molecule has 5 nitrogen and oxygen atoms in total. The van der Waals surface area contributed by atoms with Gasteiger partial charge in [0.1, 0.15) is 33.5 Å². The Morgan fingerprint density at radius 3 is 0.922 bits per heavy atom. The van der Waals surface area contributed by atoms with Gasteiger partial charge in [0, 0.05) is 57.1 Å². The Kier molecular flexibility index (Phi) is 5.89. The minimum Gasteiger partial charge on any atom is -0.456 e. The molecule has 0 saturated carbocycles. The first kappa shape index (κ1) is 27.9. The molecule has 0 bridgehead atoms. The second kappa shape index (κ2) is 10.8. The SMILES string of the molecule is c1cc(-c2cccc(-c3ccc4oc5ccc(-c6ccc7oc8ccncc8c7c6)cc5c4c3)c2)cc(-c2ccc3oc4ccncc4c3c2)c1. The van der Waals surface area contributed by atoms with Gasteiger partial charge >= 0.3 is 0 Å². The van der Waals surface area contributed by atoms with E-state index in [1.807, 2.05) is 36.7 Å². The number of hydrogen-bond acceptors (Lipinski definition) is 5. The zero-order valence-electron chi connectivity index (χ0n) is 27.1. The van der Waals surface area contributed by atoms with Crippen molar-refractivity contribution in [2.24, 2.45) is 0 Å². The molecule has 51 heavy (non-hydrogen) atoms. The van der Waals surface area contributed by atoms with Gasteiger partial charge in [0.15, 0.2) is 0 Å². The standard InChI is InChI=1S/C46H26N2O3/c1-3-27(28-4-2-6-30(20-28)32-8-13-43-37(23-32)39-25-47-17-15-45(39)50-43)19-29(5-1)31-7-11-41-35(21-31)36-22-33(9-12-42(36)49-41)34-10-14-44-38(24-34)40-26-48-18-16-46(40)51-44/h1-26H. The van der Waals surface area contributed by atoms with E-state index in [2.05, 4.69) is 119 Å². The largest absolute Gasteiger partial charge is 0.456 e. The molecule has 11 aromatic rings. The Bertz CT molecular complexity index is 3160. The van der Waals surface area contributed by atoms with E-state index in [0.717, 1.165) is 110 Å². The van der Waals surface area contributed by atoms with Crippen LogP contribution in [0.4, 0.5) is 0 Å². The van der Waals surface area contributed by atoms with Crippen LogP contribution in [0.15, 0.2) is 171 Å². The number of rotatable bonds is 4. The number of nitrogens with zero attached hydrogens (tertiary/aromatic N) is 2. The lowest BCUT2D eigenvalue weighted by Crippen LogP contribution is -1.84. The van der Waals surface area contributed by atoms with E-state index in [9.17, 15) is 0 Å². The fourth-order valence-electron chi connectivity index (χ4n) is 7.49. The molecule has 0 unspecified atom stereocenters. The second-order valence-corrected chi connectivity index (χ2v) is 13.1. The monoisotopic (exact) mass is 654 g/mol. The molecule has 11 rings (SSSR count). The Morgan fingerprint density at radius 1 is 0.275 bits per heavy atom. The van der Waals surface area contributed by atoms with E-state index in [1.165, 1.54) is 0 Å². The summed E-state index contributed by atoms with van der Waals surface area (Å²) < 4.78 is 18.4. The lowest BCUT2D eigenvalue weighted by Gasteiger charge is -2.09. The second-order valence-electron chi connectivity index (χ2n) is 13.1. The molecule has 5 aromatic heterocycles. The van der Waals surface area contributed by atoms with E-state index in [-0.39, 0.29) is 0 Å². The number of hydrogen-bond donors (Lipinski definition) is 0. The van der Waals surface area contributed by atoms with Crippen molar-refractivity contribution in [3.8, 4) is 44.5 Å². The van der Waals surface area contributed by atoms with Crippen molar-refractivity contribution in [2.45, 2.75) is 0 Å². The van der Waals surface area contributed by atoms with Gasteiger partial charge in [-0.15, -0.1) is 0 Å². The maximum Gasteiger partial charge on any atom is 0.138 e. The van der Waals surface area contributed by atoms with Crippen molar-refractivity contribution in [3.05, 3.63) is 158 Å². The van der Waals surface area contributed by atoms with Crippen LogP contribution in [0.1, 0.15) is 0 Å². The van der Waals surface area contributed by atoms with Gasteiger partial charge in [-0.3, -0.25) is 9.97 Å². The van der Waals surface area contributed by atoms with E-state index < -0.39 is 0 Å².